The molecule has 0 bridgehead atoms. The lowest BCUT2D eigenvalue weighted by Crippen LogP contribution is -2.37. The van der Waals surface area contributed by atoms with Crippen LogP contribution in [-0.2, 0) is 29.2 Å². The second kappa shape index (κ2) is 12.9. The standard InChI is InChI=1S/C30H31N9O4/c1-42-19-25-17-39(37-36-25)16-21-14-26-27(31-15-21)29(38-10-12-43-13-11-38)35-28(34-26)22-4-8-24(9-5-22)33-30(41)32-23-6-2-20(18-40)3-7-23/h2-9,14-15,17,40H,10-13,16,18-19H2,1H3,(H2,32,33,41). The molecule has 0 radical (unpaired) electrons. The number of aliphatic hydroxyl groups is 1. The summed E-state index contributed by atoms with van der Waals surface area (Å²) in [4.78, 5) is 29.3. The summed E-state index contributed by atoms with van der Waals surface area (Å²) in [6.07, 6.45) is 3.67. The Hall–Kier alpha value is -4.98. The van der Waals surface area contributed by atoms with E-state index in [0.29, 0.717) is 56.7 Å². The second-order valence-electron chi connectivity index (χ2n) is 10.0. The van der Waals surface area contributed by atoms with Gasteiger partial charge >= 0.3 is 6.03 Å². The number of morpholine rings is 1. The highest BCUT2D eigenvalue weighted by atomic mass is 16.5. The maximum absolute atomic E-state index is 12.5. The van der Waals surface area contributed by atoms with E-state index in [1.165, 1.54) is 0 Å². The second-order valence-corrected chi connectivity index (χ2v) is 10.0. The van der Waals surface area contributed by atoms with E-state index in [9.17, 15) is 9.90 Å². The van der Waals surface area contributed by atoms with Crippen LogP contribution in [-0.4, -0.2) is 74.5 Å². The van der Waals surface area contributed by atoms with Crippen LogP contribution in [0, 0.1) is 0 Å². The van der Waals surface area contributed by atoms with E-state index in [1.54, 1.807) is 36.1 Å². The van der Waals surface area contributed by atoms with Crippen LogP contribution in [0.2, 0.25) is 0 Å². The summed E-state index contributed by atoms with van der Waals surface area (Å²) in [6.45, 7) is 3.47. The number of hydrogen-bond acceptors (Lipinski definition) is 10. The number of fused-ring (bicyclic) bond motifs is 1. The van der Waals surface area contributed by atoms with Crippen molar-refractivity contribution < 1.29 is 19.4 Å². The lowest BCUT2D eigenvalue weighted by atomic mass is 10.1. The average molecular weight is 582 g/mol. The molecule has 43 heavy (non-hydrogen) atoms. The van der Waals surface area contributed by atoms with Gasteiger partial charge in [-0.15, -0.1) is 5.10 Å². The third-order valence-corrected chi connectivity index (χ3v) is 6.90. The van der Waals surface area contributed by atoms with Crippen LogP contribution in [0.3, 0.4) is 0 Å². The molecule has 2 aromatic carbocycles. The first-order chi connectivity index (χ1) is 21.1. The molecule has 5 aromatic rings. The fourth-order valence-electron chi connectivity index (χ4n) is 4.76. The molecule has 0 atom stereocenters. The largest absolute Gasteiger partial charge is 0.392 e. The van der Waals surface area contributed by atoms with Crippen molar-refractivity contribution in [3.05, 3.63) is 83.8 Å². The Bertz CT molecular complexity index is 1700. The van der Waals surface area contributed by atoms with Crippen LogP contribution >= 0.6 is 0 Å². The minimum absolute atomic E-state index is 0.0512. The number of aromatic nitrogens is 6. The number of ether oxygens (including phenoxy) is 2. The fourth-order valence-corrected chi connectivity index (χ4v) is 4.76. The number of aliphatic hydroxyl groups excluding tert-OH is 1. The van der Waals surface area contributed by atoms with Crippen LogP contribution in [0.4, 0.5) is 22.0 Å². The van der Waals surface area contributed by atoms with Gasteiger partial charge in [-0.2, -0.15) is 0 Å². The van der Waals surface area contributed by atoms with Crippen LogP contribution < -0.4 is 15.5 Å². The minimum Gasteiger partial charge on any atom is -0.392 e. The van der Waals surface area contributed by atoms with Crippen molar-refractivity contribution in [2.75, 3.05) is 48.9 Å². The normalized spacial score (nSPS) is 13.3. The van der Waals surface area contributed by atoms with Gasteiger partial charge in [-0.3, -0.25) is 4.98 Å². The molecular formula is C30H31N9O4. The SMILES string of the molecule is COCc1cn(Cc2cnc3c(N4CCOCC4)nc(-c4ccc(NC(=O)Nc5ccc(CO)cc5)cc4)nc3c2)nn1. The highest BCUT2D eigenvalue weighted by Crippen LogP contribution is 2.28. The predicted octanol–water partition coefficient (Wildman–Crippen LogP) is 3.45. The van der Waals surface area contributed by atoms with Gasteiger partial charge in [-0.1, -0.05) is 17.3 Å². The number of methoxy groups -OCH3 is 1. The molecule has 3 aromatic heterocycles. The van der Waals surface area contributed by atoms with Gasteiger partial charge in [-0.05, 0) is 53.6 Å². The number of carbonyl (C=O) groups is 1. The number of amides is 2. The van der Waals surface area contributed by atoms with Gasteiger partial charge < -0.3 is 30.1 Å². The molecule has 0 spiro atoms. The molecule has 1 aliphatic rings. The average Bonchev–Trinajstić information content (AvgIpc) is 3.48. The number of hydrogen-bond donors (Lipinski definition) is 3. The minimum atomic E-state index is -0.374. The topological polar surface area (TPSA) is 152 Å². The Morgan fingerprint density at radius 3 is 2.42 bits per heavy atom. The molecule has 0 aliphatic carbocycles. The van der Waals surface area contributed by atoms with E-state index in [2.05, 4.69) is 25.8 Å². The lowest BCUT2D eigenvalue weighted by Gasteiger charge is -2.28. The number of benzene rings is 2. The molecule has 13 heteroatoms. The maximum Gasteiger partial charge on any atom is 0.323 e. The molecule has 1 fully saturated rings. The van der Waals surface area contributed by atoms with E-state index >= 15 is 0 Å². The number of urea groups is 1. The quantitative estimate of drug-likeness (QED) is 0.236. The van der Waals surface area contributed by atoms with E-state index in [-0.39, 0.29) is 12.6 Å². The number of nitrogens with zero attached hydrogens (tertiary/aromatic N) is 7. The molecule has 0 saturated carbocycles. The van der Waals surface area contributed by atoms with Crippen LogP contribution in [0.5, 0.6) is 0 Å². The molecule has 1 saturated heterocycles. The maximum atomic E-state index is 12.5. The van der Waals surface area contributed by atoms with Gasteiger partial charge in [0, 0.05) is 43.3 Å². The summed E-state index contributed by atoms with van der Waals surface area (Å²) < 4.78 is 12.5. The number of anilines is 3. The van der Waals surface area contributed by atoms with Crippen molar-refractivity contribution in [2.45, 2.75) is 19.8 Å². The summed E-state index contributed by atoms with van der Waals surface area (Å²) in [5.74, 6) is 1.31. The first kappa shape index (κ1) is 28.2. The third kappa shape index (κ3) is 6.75. The first-order valence-corrected chi connectivity index (χ1v) is 13.8. The Kier molecular flexibility index (Phi) is 8.45. The van der Waals surface area contributed by atoms with Crippen LogP contribution in [0.15, 0.2) is 67.0 Å². The molecule has 1 aliphatic heterocycles. The molecular weight excluding hydrogens is 550 g/mol. The van der Waals surface area contributed by atoms with Gasteiger partial charge in [0.25, 0.3) is 0 Å². The highest BCUT2D eigenvalue weighted by molar-refractivity contribution is 5.99. The zero-order valence-electron chi connectivity index (χ0n) is 23.6. The zero-order valence-corrected chi connectivity index (χ0v) is 23.6. The number of nitrogens with one attached hydrogen (secondary N) is 2. The Labute approximate surface area is 247 Å². The van der Waals surface area contributed by atoms with Crippen molar-refractivity contribution in [2.24, 2.45) is 0 Å². The molecule has 220 valence electrons. The molecule has 3 N–H and O–H groups in total. The summed E-state index contributed by atoms with van der Waals surface area (Å²) in [7, 11) is 1.62. The third-order valence-electron chi connectivity index (χ3n) is 6.90. The number of pyridine rings is 1. The Morgan fingerprint density at radius 1 is 1.00 bits per heavy atom. The molecule has 13 nitrogen and oxygen atoms in total. The van der Waals surface area contributed by atoms with Crippen molar-refractivity contribution in [1.82, 2.24) is 29.9 Å². The Morgan fingerprint density at radius 2 is 1.72 bits per heavy atom. The van der Waals surface area contributed by atoms with Crippen LogP contribution in [0.1, 0.15) is 16.8 Å². The predicted molar refractivity (Wildman–Crippen MR) is 161 cm³/mol. The van der Waals surface area contributed by atoms with Crippen LogP contribution in [0.25, 0.3) is 22.4 Å². The van der Waals surface area contributed by atoms with Gasteiger partial charge in [0.15, 0.2) is 11.6 Å². The van der Waals surface area contributed by atoms with Crippen molar-refractivity contribution >= 4 is 34.3 Å². The summed E-state index contributed by atoms with van der Waals surface area (Å²) in [5, 5.41) is 23.1. The van der Waals surface area contributed by atoms with Gasteiger partial charge in [0.2, 0.25) is 0 Å². The molecule has 4 heterocycles. The Balaban J connectivity index is 1.24. The van der Waals surface area contributed by atoms with Crippen molar-refractivity contribution in [1.29, 1.82) is 0 Å². The highest BCUT2D eigenvalue weighted by Gasteiger charge is 2.20. The summed E-state index contributed by atoms with van der Waals surface area (Å²) in [6, 6.07) is 16.0. The zero-order chi connectivity index (χ0) is 29.6. The van der Waals surface area contributed by atoms with E-state index in [0.717, 1.165) is 39.2 Å². The molecule has 2 amide bonds. The molecule has 6 rings (SSSR count). The summed E-state index contributed by atoms with van der Waals surface area (Å²) >= 11 is 0. The van der Waals surface area contributed by atoms with E-state index in [4.69, 9.17) is 24.4 Å². The van der Waals surface area contributed by atoms with Gasteiger partial charge in [0.05, 0.1) is 44.7 Å². The van der Waals surface area contributed by atoms with Gasteiger partial charge in [0.1, 0.15) is 11.2 Å². The smallest absolute Gasteiger partial charge is 0.323 e. The van der Waals surface area contributed by atoms with Crippen molar-refractivity contribution in [3.8, 4) is 11.4 Å². The molecule has 0 unspecified atom stereocenters. The monoisotopic (exact) mass is 581 g/mol. The number of rotatable bonds is 9. The van der Waals surface area contributed by atoms with Gasteiger partial charge in [-0.25, -0.2) is 19.4 Å². The van der Waals surface area contributed by atoms with E-state index < -0.39 is 0 Å². The fraction of sp³-hybridized carbons (Fsp3) is 0.267. The summed E-state index contributed by atoms with van der Waals surface area (Å²) in [5.41, 5.74) is 5.93. The number of carbonyl (C=O) groups excluding carboxylic acids is 1. The van der Waals surface area contributed by atoms with Crippen molar-refractivity contribution in [3.63, 3.8) is 0 Å². The van der Waals surface area contributed by atoms with E-state index in [1.807, 2.05) is 42.7 Å². The first-order valence-electron chi connectivity index (χ1n) is 13.8. The lowest BCUT2D eigenvalue weighted by molar-refractivity contribution is 0.122.